The van der Waals surface area contributed by atoms with E-state index in [4.69, 9.17) is 0 Å². The van der Waals surface area contributed by atoms with E-state index in [0.29, 0.717) is 26.2 Å². The summed E-state index contributed by atoms with van der Waals surface area (Å²) in [5.41, 5.74) is -0.775. The van der Waals surface area contributed by atoms with Crippen LogP contribution in [0.4, 0.5) is 19.0 Å². The van der Waals surface area contributed by atoms with Crippen LogP contribution in [0.15, 0.2) is 29.2 Å². The second-order valence-electron chi connectivity index (χ2n) is 5.69. The SMILES string of the molecule is CN1CCN(c2ncc(-c3ccc(=O)[nH]n3)cc2C(F)(F)F)CC1. The highest BCUT2D eigenvalue weighted by Gasteiger charge is 2.37. The summed E-state index contributed by atoms with van der Waals surface area (Å²) in [6.07, 6.45) is -3.17. The molecule has 0 aliphatic carbocycles. The molecule has 128 valence electrons. The Labute approximate surface area is 135 Å². The van der Waals surface area contributed by atoms with Gasteiger partial charge in [0.2, 0.25) is 0 Å². The number of piperazine rings is 1. The van der Waals surface area contributed by atoms with Crippen molar-refractivity contribution < 1.29 is 13.2 Å². The van der Waals surface area contributed by atoms with E-state index in [1.807, 2.05) is 7.05 Å². The van der Waals surface area contributed by atoms with Gasteiger partial charge in [0.05, 0.1) is 11.3 Å². The molecule has 0 atom stereocenters. The van der Waals surface area contributed by atoms with Crippen molar-refractivity contribution in [2.45, 2.75) is 6.18 Å². The van der Waals surface area contributed by atoms with Gasteiger partial charge in [0, 0.05) is 44.0 Å². The fourth-order valence-electron chi connectivity index (χ4n) is 2.58. The number of hydrogen-bond donors (Lipinski definition) is 1. The van der Waals surface area contributed by atoms with Gasteiger partial charge in [0.25, 0.3) is 5.56 Å². The molecule has 2 aromatic rings. The van der Waals surface area contributed by atoms with Crippen LogP contribution in [-0.4, -0.2) is 53.3 Å². The van der Waals surface area contributed by atoms with Gasteiger partial charge < -0.3 is 9.80 Å². The second kappa shape index (κ2) is 6.23. The van der Waals surface area contributed by atoms with Gasteiger partial charge in [-0.2, -0.15) is 18.3 Å². The van der Waals surface area contributed by atoms with Crippen molar-refractivity contribution in [3.05, 3.63) is 40.3 Å². The van der Waals surface area contributed by atoms with E-state index in [2.05, 4.69) is 20.1 Å². The molecule has 0 aromatic carbocycles. The molecule has 24 heavy (non-hydrogen) atoms. The fourth-order valence-corrected chi connectivity index (χ4v) is 2.58. The number of aromatic nitrogens is 3. The Hall–Kier alpha value is -2.42. The van der Waals surface area contributed by atoms with Crippen LogP contribution < -0.4 is 10.5 Å². The first kappa shape index (κ1) is 16.4. The monoisotopic (exact) mass is 339 g/mol. The molecule has 1 fully saturated rings. The number of H-pyrrole nitrogens is 1. The van der Waals surface area contributed by atoms with E-state index in [9.17, 15) is 18.0 Å². The Bertz CT molecular complexity index is 761. The summed E-state index contributed by atoms with van der Waals surface area (Å²) in [7, 11) is 1.93. The standard InChI is InChI=1S/C15H16F3N5O/c1-22-4-6-23(7-5-22)14-11(15(16,17)18)8-10(9-19-14)12-2-3-13(24)21-20-12/h2-3,8-9H,4-7H2,1H3,(H,21,24). The molecule has 0 bridgehead atoms. The Balaban J connectivity index is 2.01. The molecular weight excluding hydrogens is 323 g/mol. The van der Waals surface area contributed by atoms with Gasteiger partial charge in [0.15, 0.2) is 0 Å². The zero-order valence-corrected chi connectivity index (χ0v) is 13.0. The third-order valence-electron chi connectivity index (χ3n) is 3.95. The molecule has 0 saturated carbocycles. The number of nitrogens with one attached hydrogen (secondary N) is 1. The molecule has 1 saturated heterocycles. The van der Waals surface area contributed by atoms with E-state index in [0.717, 1.165) is 6.07 Å². The largest absolute Gasteiger partial charge is 0.419 e. The number of rotatable bonds is 2. The second-order valence-corrected chi connectivity index (χ2v) is 5.69. The smallest absolute Gasteiger partial charge is 0.354 e. The molecule has 0 unspecified atom stereocenters. The summed E-state index contributed by atoms with van der Waals surface area (Å²) >= 11 is 0. The van der Waals surface area contributed by atoms with E-state index in [1.165, 1.54) is 18.3 Å². The van der Waals surface area contributed by atoms with Crippen molar-refractivity contribution in [3.63, 3.8) is 0 Å². The van der Waals surface area contributed by atoms with Gasteiger partial charge >= 0.3 is 6.18 Å². The average molecular weight is 339 g/mol. The fraction of sp³-hybridized carbons (Fsp3) is 0.400. The maximum atomic E-state index is 13.5. The molecule has 9 heteroatoms. The predicted octanol–water partition coefficient (Wildman–Crippen LogP) is 1.60. The first-order valence-electron chi connectivity index (χ1n) is 7.41. The maximum Gasteiger partial charge on any atom is 0.419 e. The summed E-state index contributed by atoms with van der Waals surface area (Å²) in [5.74, 6) is -0.0659. The minimum Gasteiger partial charge on any atom is -0.354 e. The third kappa shape index (κ3) is 3.40. The number of pyridine rings is 1. The maximum absolute atomic E-state index is 13.5. The molecule has 1 N–H and O–H groups in total. The Kier molecular flexibility index (Phi) is 4.27. The van der Waals surface area contributed by atoms with Crippen molar-refractivity contribution in [1.29, 1.82) is 0 Å². The third-order valence-corrected chi connectivity index (χ3v) is 3.95. The molecule has 1 aliphatic rings. The molecule has 6 nitrogen and oxygen atoms in total. The van der Waals surface area contributed by atoms with Crippen molar-refractivity contribution in [1.82, 2.24) is 20.1 Å². The zero-order valence-electron chi connectivity index (χ0n) is 13.0. The van der Waals surface area contributed by atoms with Crippen molar-refractivity contribution >= 4 is 5.82 Å². The zero-order chi connectivity index (χ0) is 17.3. The molecule has 1 aliphatic heterocycles. The first-order valence-corrected chi connectivity index (χ1v) is 7.41. The highest BCUT2D eigenvalue weighted by atomic mass is 19.4. The van der Waals surface area contributed by atoms with E-state index in [-0.39, 0.29) is 17.1 Å². The summed E-state index contributed by atoms with van der Waals surface area (Å²) in [6.45, 7) is 2.34. The lowest BCUT2D eigenvalue weighted by Gasteiger charge is -2.34. The predicted molar refractivity (Wildman–Crippen MR) is 82.8 cm³/mol. The van der Waals surface area contributed by atoms with Gasteiger partial charge in [-0.3, -0.25) is 4.79 Å². The molecule has 0 radical (unpaired) electrons. The molecule has 2 aromatic heterocycles. The van der Waals surface area contributed by atoms with Crippen LogP contribution in [0.3, 0.4) is 0 Å². The highest BCUT2D eigenvalue weighted by Crippen LogP contribution is 2.37. The van der Waals surface area contributed by atoms with Gasteiger partial charge in [-0.15, -0.1) is 0 Å². The number of aromatic amines is 1. The van der Waals surface area contributed by atoms with Gasteiger partial charge in [-0.1, -0.05) is 0 Å². The van der Waals surface area contributed by atoms with Crippen molar-refractivity contribution in [3.8, 4) is 11.3 Å². The molecular formula is C15H16F3N5O. The van der Waals surface area contributed by atoms with Crippen LogP contribution in [0.1, 0.15) is 5.56 Å². The summed E-state index contributed by atoms with van der Waals surface area (Å²) in [6, 6.07) is 3.61. The minimum atomic E-state index is -4.52. The topological polar surface area (TPSA) is 65.1 Å². The van der Waals surface area contributed by atoms with Gasteiger partial charge in [0.1, 0.15) is 5.82 Å². The van der Waals surface area contributed by atoms with Crippen LogP contribution in [0, 0.1) is 0 Å². The highest BCUT2D eigenvalue weighted by molar-refractivity contribution is 5.63. The van der Waals surface area contributed by atoms with Crippen molar-refractivity contribution in [2.75, 3.05) is 38.1 Å². The normalized spacial score (nSPS) is 16.4. The van der Waals surface area contributed by atoms with Gasteiger partial charge in [-0.05, 0) is 19.2 Å². The van der Waals surface area contributed by atoms with Gasteiger partial charge in [-0.25, -0.2) is 10.1 Å². The Morgan fingerprint density at radius 2 is 1.88 bits per heavy atom. The van der Waals surface area contributed by atoms with Crippen molar-refractivity contribution in [2.24, 2.45) is 0 Å². The van der Waals surface area contributed by atoms with E-state index in [1.54, 1.807) is 4.90 Å². The number of nitrogens with zero attached hydrogens (tertiary/aromatic N) is 4. The quantitative estimate of drug-likeness (QED) is 0.900. The summed E-state index contributed by atoms with van der Waals surface area (Å²) in [5, 5.41) is 5.97. The molecule has 0 amide bonds. The molecule has 3 heterocycles. The van der Waals surface area contributed by atoms with Crippen LogP contribution in [0.25, 0.3) is 11.3 Å². The lowest BCUT2D eigenvalue weighted by Crippen LogP contribution is -2.45. The van der Waals surface area contributed by atoms with E-state index >= 15 is 0 Å². The number of alkyl halides is 3. The number of hydrogen-bond acceptors (Lipinski definition) is 5. The first-order chi connectivity index (χ1) is 11.3. The Morgan fingerprint density at radius 3 is 2.46 bits per heavy atom. The number of anilines is 1. The number of likely N-dealkylation sites (N-methyl/N-ethyl adjacent to an activating group) is 1. The molecule has 0 spiro atoms. The number of halogens is 3. The lowest BCUT2D eigenvalue weighted by molar-refractivity contribution is -0.137. The van der Waals surface area contributed by atoms with Crippen LogP contribution in [0.5, 0.6) is 0 Å². The van der Waals surface area contributed by atoms with Crippen LogP contribution in [-0.2, 0) is 6.18 Å². The Morgan fingerprint density at radius 1 is 1.17 bits per heavy atom. The lowest BCUT2D eigenvalue weighted by atomic mass is 10.1. The molecule has 3 rings (SSSR count). The van der Waals surface area contributed by atoms with E-state index < -0.39 is 17.3 Å². The summed E-state index contributed by atoms with van der Waals surface area (Å²) < 4.78 is 40.5. The summed E-state index contributed by atoms with van der Waals surface area (Å²) in [4.78, 5) is 18.8. The average Bonchev–Trinajstić information content (AvgIpc) is 2.55. The minimum absolute atomic E-state index is 0.0659. The van der Waals surface area contributed by atoms with Crippen LogP contribution in [0.2, 0.25) is 0 Å². The van der Waals surface area contributed by atoms with Crippen LogP contribution >= 0.6 is 0 Å².